The van der Waals surface area contributed by atoms with E-state index in [9.17, 15) is 18.9 Å². The summed E-state index contributed by atoms with van der Waals surface area (Å²) in [6, 6.07) is 0.723. The normalized spacial score (nSPS) is 10.6. The lowest BCUT2D eigenvalue weighted by atomic mass is 10.3. The van der Waals surface area contributed by atoms with Crippen LogP contribution in [0.4, 0.5) is 20.3 Å². The van der Waals surface area contributed by atoms with Crippen molar-refractivity contribution in [3.05, 3.63) is 26.9 Å². The Morgan fingerprint density at radius 1 is 1.64 bits per heavy atom. The fourth-order valence-electron chi connectivity index (χ4n) is 0.837. The van der Waals surface area contributed by atoms with E-state index in [1.165, 1.54) is 0 Å². The van der Waals surface area contributed by atoms with Crippen LogP contribution in [-0.4, -0.2) is 9.91 Å². The SMILES string of the molecule is Nc1nc(C(F)F)cc(Cl)c1[N+](=O)[O-]. The van der Waals surface area contributed by atoms with E-state index in [0.717, 1.165) is 6.07 Å². The van der Waals surface area contributed by atoms with Crippen LogP contribution in [0.1, 0.15) is 12.1 Å². The standard InChI is InChI=1S/C6H4ClF2N3O2/c7-2-1-3(5(8)9)11-6(10)4(2)12(13)14/h1,5H,(H2,10,11). The first-order valence-electron chi connectivity index (χ1n) is 3.32. The molecule has 5 nitrogen and oxygen atoms in total. The van der Waals surface area contributed by atoms with Crippen LogP contribution in [0.5, 0.6) is 0 Å². The summed E-state index contributed by atoms with van der Waals surface area (Å²) in [5.41, 5.74) is 3.75. The van der Waals surface area contributed by atoms with E-state index in [-0.39, 0.29) is 0 Å². The Morgan fingerprint density at radius 2 is 2.21 bits per heavy atom. The Labute approximate surface area is 81.6 Å². The second kappa shape index (κ2) is 3.70. The molecule has 14 heavy (non-hydrogen) atoms. The molecule has 0 saturated heterocycles. The van der Waals surface area contributed by atoms with E-state index in [4.69, 9.17) is 17.3 Å². The van der Waals surface area contributed by atoms with Crippen LogP contribution in [-0.2, 0) is 0 Å². The highest BCUT2D eigenvalue weighted by Crippen LogP contribution is 2.32. The number of anilines is 1. The molecule has 0 aliphatic heterocycles. The monoisotopic (exact) mass is 223 g/mol. The van der Waals surface area contributed by atoms with Crippen molar-refractivity contribution in [2.45, 2.75) is 6.43 Å². The molecule has 0 aliphatic carbocycles. The number of nitrogens with two attached hydrogens (primary N) is 1. The first kappa shape index (κ1) is 10.6. The van der Waals surface area contributed by atoms with Gasteiger partial charge in [-0.1, -0.05) is 11.6 Å². The number of nitrogen functional groups attached to an aromatic ring is 1. The molecule has 0 aliphatic rings. The van der Waals surface area contributed by atoms with Crippen molar-refractivity contribution < 1.29 is 13.7 Å². The summed E-state index contributed by atoms with van der Waals surface area (Å²) in [6.45, 7) is 0. The highest BCUT2D eigenvalue weighted by atomic mass is 35.5. The molecule has 0 fully saturated rings. The second-order valence-corrected chi connectivity index (χ2v) is 2.73. The van der Waals surface area contributed by atoms with E-state index in [1.54, 1.807) is 0 Å². The third-order valence-corrected chi connectivity index (χ3v) is 1.69. The highest BCUT2D eigenvalue weighted by molar-refractivity contribution is 6.33. The molecule has 1 heterocycles. The van der Waals surface area contributed by atoms with Crippen LogP contribution >= 0.6 is 11.6 Å². The fourth-order valence-corrected chi connectivity index (χ4v) is 1.11. The van der Waals surface area contributed by atoms with Crippen LogP contribution in [0.2, 0.25) is 5.02 Å². The smallest absolute Gasteiger partial charge is 0.329 e. The molecule has 0 aromatic carbocycles. The quantitative estimate of drug-likeness (QED) is 0.615. The van der Waals surface area contributed by atoms with Gasteiger partial charge in [-0.05, 0) is 6.07 Å². The summed E-state index contributed by atoms with van der Waals surface area (Å²) in [7, 11) is 0. The van der Waals surface area contributed by atoms with E-state index in [0.29, 0.717) is 0 Å². The molecule has 1 rings (SSSR count). The minimum Gasteiger partial charge on any atom is -0.378 e. The van der Waals surface area contributed by atoms with Gasteiger partial charge in [-0.15, -0.1) is 0 Å². The number of nitrogens with zero attached hydrogens (tertiary/aromatic N) is 2. The number of aromatic nitrogens is 1. The van der Waals surface area contributed by atoms with Crippen LogP contribution in [0, 0.1) is 10.1 Å². The van der Waals surface area contributed by atoms with E-state index >= 15 is 0 Å². The second-order valence-electron chi connectivity index (χ2n) is 2.32. The third kappa shape index (κ3) is 1.87. The van der Waals surface area contributed by atoms with Gasteiger partial charge in [-0.25, -0.2) is 13.8 Å². The average Bonchev–Trinajstić information content (AvgIpc) is 2.01. The van der Waals surface area contributed by atoms with Gasteiger partial charge in [0.05, 0.1) is 4.92 Å². The fraction of sp³-hybridized carbons (Fsp3) is 0.167. The Morgan fingerprint density at radius 3 is 2.57 bits per heavy atom. The van der Waals surface area contributed by atoms with Crippen molar-refractivity contribution in [3.63, 3.8) is 0 Å². The van der Waals surface area contributed by atoms with E-state index < -0.39 is 33.6 Å². The number of alkyl halides is 2. The first-order chi connectivity index (χ1) is 6.43. The van der Waals surface area contributed by atoms with E-state index in [1.807, 2.05) is 0 Å². The number of pyridine rings is 1. The maximum atomic E-state index is 12.1. The van der Waals surface area contributed by atoms with Gasteiger partial charge in [-0.3, -0.25) is 10.1 Å². The maximum absolute atomic E-state index is 12.1. The third-order valence-electron chi connectivity index (χ3n) is 1.40. The summed E-state index contributed by atoms with van der Waals surface area (Å²) in [5, 5.41) is 9.89. The van der Waals surface area contributed by atoms with Crippen LogP contribution in [0.25, 0.3) is 0 Å². The number of nitro groups is 1. The molecule has 1 aromatic heterocycles. The molecule has 0 spiro atoms. The summed E-state index contributed by atoms with van der Waals surface area (Å²) in [6.07, 6.45) is -2.87. The van der Waals surface area contributed by atoms with Crippen molar-refractivity contribution in [2.24, 2.45) is 0 Å². The zero-order valence-corrected chi connectivity index (χ0v) is 7.33. The first-order valence-corrected chi connectivity index (χ1v) is 3.69. The predicted molar refractivity (Wildman–Crippen MR) is 45.3 cm³/mol. The summed E-state index contributed by atoms with van der Waals surface area (Å²) >= 11 is 5.38. The number of halogens is 3. The molecular weight excluding hydrogens is 220 g/mol. The van der Waals surface area contributed by atoms with Gasteiger partial charge in [0.15, 0.2) is 0 Å². The number of hydrogen-bond acceptors (Lipinski definition) is 4. The lowest BCUT2D eigenvalue weighted by molar-refractivity contribution is -0.384. The molecule has 2 N–H and O–H groups in total. The zero-order valence-electron chi connectivity index (χ0n) is 6.58. The van der Waals surface area contributed by atoms with Crippen molar-refractivity contribution >= 4 is 23.1 Å². The van der Waals surface area contributed by atoms with Gasteiger partial charge in [0.25, 0.3) is 6.43 Å². The van der Waals surface area contributed by atoms with Crippen molar-refractivity contribution in [1.82, 2.24) is 4.98 Å². The largest absolute Gasteiger partial charge is 0.378 e. The zero-order chi connectivity index (χ0) is 10.9. The summed E-state index contributed by atoms with van der Waals surface area (Å²) in [4.78, 5) is 12.6. The van der Waals surface area contributed by atoms with Crippen LogP contribution in [0.3, 0.4) is 0 Å². The lowest BCUT2D eigenvalue weighted by Gasteiger charge is -2.02. The average molecular weight is 224 g/mol. The van der Waals surface area contributed by atoms with Gasteiger partial charge in [0, 0.05) is 0 Å². The molecule has 76 valence electrons. The maximum Gasteiger partial charge on any atom is 0.329 e. The summed E-state index contributed by atoms with van der Waals surface area (Å²) < 4.78 is 24.2. The van der Waals surface area contributed by atoms with Gasteiger partial charge in [0.1, 0.15) is 10.7 Å². The minimum absolute atomic E-state index is 0.446. The molecule has 0 bridgehead atoms. The Bertz CT molecular complexity index is 362. The van der Waals surface area contributed by atoms with E-state index in [2.05, 4.69) is 4.98 Å². The Hall–Kier alpha value is -1.50. The number of rotatable bonds is 2. The highest BCUT2D eigenvalue weighted by Gasteiger charge is 2.22. The van der Waals surface area contributed by atoms with Gasteiger partial charge in [-0.2, -0.15) is 0 Å². The lowest BCUT2D eigenvalue weighted by Crippen LogP contribution is -2.02. The van der Waals surface area contributed by atoms with Crippen LogP contribution < -0.4 is 5.73 Å². The van der Waals surface area contributed by atoms with Gasteiger partial charge < -0.3 is 5.73 Å². The number of hydrogen-bond donors (Lipinski definition) is 1. The van der Waals surface area contributed by atoms with Crippen molar-refractivity contribution in [2.75, 3.05) is 5.73 Å². The van der Waals surface area contributed by atoms with Gasteiger partial charge in [0.2, 0.25) is 5.82 Å². The molecule has 8 heteroatoms. The topological polar surface area (TPSA) is 82.0 Å². The minimum atomic E-state index is -2.87. The van der Waals surface area contributed by atoms with Crippen LogP contribution in [0.15, 0.2) is 6.07 Å². The Balaban J connectivity index is 3.32. The molecule has 0 saturated carbocycles. The molecule has 0 unspecified atom stereocenters. The Kier molecular flexibility index (Phi) is 2.80. The molecule has 1 aromatic rings. The summed E-state index contributed by atoms with van der Waals surface area (Å²) in [5.74, 6) is -0.613. The van der Waals surface area contributed by atoms with Crippen molar-refractivity contribution in [3.8, 4) is 0 Å². The molecule has 0 amide bonds. The molecule has 0 atom stereocenters. The van der Waals surface area contributed by atoms with Gasteiger partial charge >= 0.3 is 5.69 Å². The van der Waals surface area contributed by atoms with Crippen molar-refractivity contribution in [1.29, 1.82) is 0 Å². The molecular formula is C6H4ClF2N3O2. The predicted octanol–water partition coefficient (Wildman–Crippen LogP) is 2.16. The molecule has 0 radical (unpaired) electrons.